The summed E-state index contributed by atoms with van der Waals surface area (Å²) in [6.45, 7) is 5.79. The SMILES string of the molecule is Cc1nnc(SCCNCc2ccc(C)s2)o1. The van der Waals surface area contributed by atoms with E-state index in [1.807, 2.05) is 11.3 Å². The second kappa shape index (κ2) is 6.18. The first kappa shape index (κ1) is 12.6. The molecule has 92 valence electrons. The zero-order chi connectivity index (χ0) is 12.1. The van der Waals surface area contributed by atoms with Crippen molar-refractivity contribution in [1.82, 2.24) is 15.5 Å². The summed E-state index contributed by atoms with van der Waals surface area (Å²) in [5, 5.41) is 11.7. The minimum atomic E-state index is 0.620. The maximum Gasteiger partial charge on any atom is 0.276 e. The van der Waals surface area contributed by atoms with Crippen molar-refractivity contribution in [2.75, 3.05) is 12.3 Å². The number of thiophene rings is 1. The van der Waals surface area contributed by atoms with Gasteiger partial charge in [0.05, 0.1) is 0 Å². The van der Waals surface area contributed by atoms with Crippen LogP contribution in [0.25, 0.3) is 0 Å². The molecule has 4 nitrogen and oxygen atoms in total. The third-order valence-corrected chi connectivity index (χ3v) is 3.93. The van der Waals surface area contributed by atoms with Crippen LogP contribution < -0.4 is 5.32 Å². The Morgan fingerprint density at radius 2 is 2.24 bits per heavy atom. The molecule has 2 aromatic heterocycles. The predicted octanol–water partition coefficient (Wildman–Crippen LogP) is 2.63. The lowest BCUT2D eigenvalue weighted by atomic mass is 10.4. The van der Waals surface area contributed by atoms with Gasteiger partial charge in [-0.15, -0.1) is 21.5 Å². The van der Waals surface area contributed by atoms with E-state index in [0.29, 0.717) is 11.1 Å². The Kier molecular flexibility index (Phi) is 4.58. The molecule has 0 amide bonds. The third kappa shape index (κ3) is 4.14. The maximum atomic E-state index is 5.27. The fraction of sp³-hybridized carbons (Fsp3) is 0.455. The Labute approximate surface area is 109 Å². The molecule has 17 heavy (non-hydrogen) atoms. The van der Waals surface area contributed by atoms with Gasteiger partial charge < -0.3 is 9.73 Å². The lowest BCUT2D eigenvalue weighted by molar-refractivity contribution is 0.429. The van der Waals surface area contributed by atoms with E-state index in [0.717, 1.165) is 18.8 Å². The van der Waals surface area contributed by atoms with Crippen LogP contribution >= 0.6 is 23.1 Å². The molecule has 0 unspecified atom stereocenters. The molecule has 0 saturated heterocycles. The fourth-order valence-electron chi connectivity index (χ4n) is 1.34. The van der Waals surface area contributed by atoms with Crippen LogP contribution in [0.4, 0.5) is 0 Å². The minimum Gasteiger partial charge on any atom is -0.416 e. The molecule has 2 aromatic rings. The Hall–Kier alpha value is -0.850. The van der Waals surface area contributed by atoms with Gasteiger partial charge in [-0.3, -0.25) is 0 Å². The number of hydrogen-bond donors (Lipinski definition) is 1. The van der Waals surface area contributed by atoms with E-state index in [1.165, 1.54) is 9.75 Å². The van der Waals surface area contributed by atoms with Crippen molar-refractivity contribution >= 4 is 23.1 Å². The zero-order valence-electron chi connectivity index (χ0n) is 9.90. The number of rotatable bonds is 6. The number of aryl methyl sites for hydroxylation is 2. The monoisotopic (exact) mass is 269 g/mol. The normalized spacial score (nSPS) is 10.9. The van der Waals surface area contributed by atoms with Gasteiger partial charge >= 0.3 is 0 Å². The number of nitrogens with zero attached hydrogens (tertiary/aromatic N) is 2. The Balaban J connectivity index is 1.60. The second-order valence-corrected chi connectivity index (χ2v) is 6.04. The van der Waals surface area contributed by atoms with Crippen LogP contribution in [0.3, 0.4) is 0 Å². The molecule has 0 fully saturated rings. The quantitative estimate of drug-likeness (QED) is 0.645. The topological polar surface area (TPSA) is 51.0 Å². The smallest absolute Gasteiger partial charge is 0.276 e. The number of hydrogen-bond acceptors (Lipinski definition) is 6. The van der Waals surface area contributed by atoms with Gasteiger partial charge in [0.2, 0.25) is 5.89 Å². The summed E-state index contributed by atoms with van der Waals surface area (Å²) < 4.78 is 5.27. The van der Waals surface area contributed by atoms with Crippen LogP contribution in [0.2, 0.25) is 0 Å². The highest BCUT2D eigenvalue weighted by Gasteiger charge is 2.02. The van der Waals surface area contributed by atoms with Crippen molar-refractivity contribution < 1.29 is 4.42 Å². The van der Waals surface area contributed by atoms with Gasteiger partial charge in [-0.25, -0.2) is 0 Å². The van der Waals surface area contributed by atoms with Gasteiger partial charge in [0.1, 0.15) is 0 Å². The van der Waals surface area contributed by atoms with E-state index in [2.05, 4.69) is 34.6 Å². The van der Waals surface area contributed by atoms with E-state index >= 15 is 0 Å². The minimum absolute atomic E-state index is 0.620. The molecule has 0 aliphatic carbocycles. The van der Waals surface area contributed by atoms with Crippen LogP contribution in [0.1, 0.15) is 15.6 Å². The van der Waals surface area contributed by atoms with Gasteiger partial charge in [-0.05, 0) is 19.1 Å². The van der Waals surface area contributed by atoms with Crippen molar-refractivity contribution in [3.05, 3.63) is 27.8 Å². The van der Waals surface area contributed by atoms with Gasteiger partial charge in [-0.1, -0.05) is 11.8 Å². The molecule has 0 radical (unpaired) electrons. The van der Waals surface area contributed by atoms with Crippen molar-refractivity contribution in [2.45, 2.75) is 25.6 Å². The number of thioether (sulfide) groups is 1. The Morgan fingerprint density at radius 3 is 2.88 bits per heavy atom. The summed E-state index contributed by atoms with van der Waals surface area (Å²) in [7, 11) is 0. The van der Waals surface area contributed by atoms with E-state index in [-0.39, 0.29) is 0 Å². The van der Waals surface area contributed by atoms with Gasteiger partial charge in [0.25, 0.3) is 5.22 Å². The van der Waals surface area contributed by atoms with Crippen molar-refractivity contribution in [1.29, 1.82) is 0 Å². The van der Waals surface area contributed by atoms with E-state index < -0.39 is 0 Å². The van der Waals surface area contributed by atoms with E-state index in [1.54, 1.807) is 18.7 Å². The molecule has 0 atom stereocenters. The average molecular weight is 269 g/mol. The van der Waals surface area contributed by atoms with Gasteiger partial charge in [0, 0.05) is 35.5 Å². The lowest BCUT2D eigenvalue weighted by Gasteiger charge is -2.00. The molecule has 0 spiro atoms. The molecule has 2 heterocycles. The highest BCUT2D eigenvalue weighted by Crippen LogP contribution is 2.16. The lowest BCUT2D eigenvalue weighted by Crippen LogP contribution is -2.15. The molecule has 0 aliphatic rings. The summed E-state index contributed by atoms with van der Waals surface area (Å²) in [6, 6.07) is 4.32. The first-order valence-corrected chi connectivity index (χ1v) is 7.23. The highest BCUT2D eigenvalue weighted by atomic mass is 32.2. The van der Waals surface area contributed by atoms with E-state index in [4.69, 9.17) is 4.42 Å². The first-order chi connectivity index (χ1) is 8.24. The van der Waals surface area contributed by atoms with Crippen molar-refractivity contribution in [3.8, 4) is 0 Å². The summed E-state index contributed by atoms with van der Waals surface area (Å²) in [6.07, 6.45) is 0. The fourth-order valence-corrected chi connectivity index (χ4v) is 2.90. The Morgan fingerprint density at radius 1 is 1.35 bits per heavy atom. The molecule has 1 N–H and O–H groups in total. The van der Waals surface area contributed by atoms with Gasteiger partial charge in [0.15, 0.2) is 0 Å². The average Bonchev–Trinajstić information content (AvgIpc) is 2.88. The molecule has 0 bridgehead atoms. The van der Waals surface area contributed by atoms with Crippen LogP contribution in [0.15, 0.2) is 21.8 Å². The predicted molar refractivity (Wildman–Crippen MR) is 70.5 cm³/mol. The van der Waals surface area contributed by atoms with Crippen LogP contribution in [-0.4, -0.2) is 22.5 Å². The first-order valence-electron chi connectivity index (χ1n) is 5.43. The zero-order valence-corrected chi connectivity index (χ0v) is 11.5. The van der Waals surface area contributed by atoms with E-state index in [9.17, 15) is 0 Å². The van der Waals surface area contributed by atoms with Crippen molar-refractivity contribution in [3.63, 3.8) is 0 Å². The molecular formula is C11H15N3OS2. The number of aromatic nitrogens is 2. The number of nitrogens with one attached hydrogen (secondary N) is 1. The largest absolute Gasteiger partial charge is 0.416 e. The molecule has 0 saturated carbocycles. The maximum absolute atomic E-state index is 5.27. The molecule has 6 heteroatoms. The standard InChI is InChI=1S/C11H15N3OS2/c1-8-3-4-10(17-8)7-12-5-6-16-11-14-13-9(2)15-11/h3-4,12H,5-7H2,1-2H3. The molecular weight excluding hydrogens is 254 g/mol. The second-order valence-electron chi connectivity index (χ2n) is 3.62. The molecule has 2 rings (SSSR count). The Bertz CT molecular complexity index is 424. The summed E-state index contributed by atoms with van der Waals surface area (Å²) >= 11 is 3.42. The molecule has 0 aliphatic heterocycles. The third-order valence-electron chi connectivity index (χ3n) is 2.11. The summed E-state index contributed by atoms with van der Waals surface area (Å²) in [5.74, 6) is 1.56. The highest BCUT2D eigenvalue weighted by molar-refractivity contribution is 7.99. The van der Waals surface area contributed by atoms with Crippen LogP contribution in [0.5, 0.6) is 0 Å². The van der Waals surface area contributed by atoms with Crippen LogP contribution in [-0.2, 0) is 6.54 Å². The summed E-state index contributed by atoms with van der Waals surface area (Å²) in [5.41, 5.74) is 0. The van der Waals surface area contributed by atoms with Crippen molar-refractivity contribution in [2.24, 2.45) is 0 Å². The van der Waals surface area contributed by atoms with Crippen LogP contribution in [0, 0.1) is 13.8 Å². The molecule has 0 aromatic carbocycles. The van der Waals surface area contributed by atoms with Gasteiger partial charge in [-0.2, -0.15) is 0 Å². The summed E-state index contributed by atoms with van der Waals surface area (Å²) in [4.78, 5) is 2.73.